The lowest BCUT2D eigenvalue weighted by Gasteiger charge is -2.14. The van der Waals surface area contributed by atoms with E-state index in [4.69, 9.17) is 21.1 Å². The molecule has 6 nitrogen and oxygen atoms in total. The Balaban J connectivity index is 1.83. The molecule has 7 heteroatoms. The molecule has 0 bridgehead atoms. The number of rotatable bonds is 8. The number of anilines is 1. The van der Waals surface area contributed by atoms with Crippen molar-refractivity contribution in [1.29, 1.82) is 0 Å². The molecule has 3 aromatic rings. The molecule has 0 radical (unpaired) electrons. The fourth-order valence-electron chi connectivity index (χ4n) is 2.34. The highest BCUT2D eigenvalue weighted by Gasteiger charge is 2.18. The van der Waals surface area contributed by atoms with Gasteiger partial charge in [-0.25, -0.2) is 0 Å². The number of halogens is 1. The molecule has 0 aliphatic heterocycles. The summed E-state index contributed by atoms with van der Waals surface area (Å²) < 4.78 is 11.5. The third-order valence-corrected chi connectivity index (χ3v) is 4.14. The number of nitrogens with one attached hydrogen (secondary N) is 1. The molecule has 148 valence electrons. The van der Waals surface area contributed by atoms with E-state index in [-0.39, 0.29) is 35.9 Å². The van der Waals surface area contributed by atoms with Gasteiger partial charge in [0.25, 0.3) is 5.91 Å². The van der Waals surface area contributed by atoms with E-state index in [0.29, 0.717) is 5.57 Å². The summed E-state index contributed by atoms with van der Waals surface area (Å²) in [5, 5.41) is 2.65. The maximum absolute atomic E-state index is 12.1. The SMILES string of the molecule is C=C(C)C(=O)Nc1c(Cl)nc(OCc2ccccc2)nc1OCc1ccccc1. The van der Waals surface area contributed by atoms with Crippen molar-refractivity contribution < 1.29 is 14.3 Å². The van der Waals surface area contributed by atoms with Crippen LogP contribution in [-0.4, -0.2) is 15.9 Å². The molecule has 0 fully saturated rings. The molecule has 0 aliphatic rings. The highest BCUT2D eigenvalue weighted by atomic mass is 35.5. The van der Waals surface area contributed by atoms with Crippen molar-refractivity contribution in [3.8, 4) is 11.9 Å². The molecular weight excluding hydrogens is 390 g/mol. The first-order valence-corrected chi connectivity index (χ1v) is 9.28. The van der Waals surface area contributed by atoms with Gasteiger partial charge in [0, 0.05) is 5.57 Å². The zero-order chi connectivity index (χ0) is 20.6. The van der Waals surface area contributed by atoms with Crippen LogP contribution in [0.4, 0.5) is 5.69 Å². The Labute approximate surface area is 174 Å². The standard InChI is InChI=1S/C22H20ClN3O3/c1-15(2)20(27)24-18-19(23)25-22(29-14-17-11-7-4-8-12-17)26-21(18)28-13-16-9-5-3-6-10-16/h3-12H,1,13-14H2,2H3,(H,24,27). The van der Waals surface area contributed by atoms with Crippen LogP contribution in [-0.2, 0) is 18.0 Å². The normalized spacial score (nSPS) is 10.3. The summed E-state index contributed by atoms with van der Waals surface area (Å²) in [7, 11) is 0. The lowest BCUT2D eigenvalue weighted by Crippen LogP contribution is -2.15. The van der Waals surface area contributed by atoms with E-state index in [9.17, 15) is 4.79 Å². The zero-order valence-electron chi connectivity index (χ0n) is 15.9. The molecule has 1 N–H and O–H groups in total. The van der Waals surface area contributed by atoms with E-state index in [1.54, 1.807) is 6.92 Å². The van der Waals surface area contributed by atoms with Crippen molar-refractivity contribution in [3.63, 3.8) is 0 Å². The number of ether oxygens (including phenoxy) is 2. The van der Waals surface area contributed by atoms with Gasteiger partial charge in [0.1, 0.15) is 18.9 Å². The summed E-state index contributed by atoms with van der Waals surface area (Å²) in [6, 6.07) is 19.2. The van der Waals surface area contributed by atoms with Gasteiger partial charge in [0.15, 0.2) is 5.15 Å². The monoisotopic (exact) mass is 409 g/mol. The van der Waals surface area contributed by atoms with Crippen LogP contribution in [0.3, 0.4) is 0 Å². The summed E-state index contributed by atoms with van der Waals surface area (Å²) in [4.78, 5) is 20.5. The molecule has 0 spiro atoms. The van der Waals surface area contributed by atoms with Gasteiger partial charge in [-0.05, 0) is 18.1 Å². The second-order valence-corrected chi connectivity index (χ2v) is 6.62. The highest BCUT2D eigenvalue weighted by Crippen LogP contribution is 2.32. The van der Waals surface area contributed by atoms with Crippen LogP contribution < -0.4 is 14.8 Å². The first-order chi connectivity index (χ1) is 14.0. The number of nitrogens with zero attached hydrogens (tertiary/aromatic N) is 2. The minimum atomic E-state index is -0.405. The minimum absolute atomic E-state index is 0.0146. The third kappa shape index (κ3) is 5.80. The first-order valence-electron chi connectivity index (χ1n) is 8.91. The van der Waals surface area contributed by atoms with Crippen LogP contribution >= 0.6 is 11.6 Å². The van der Waals surface area contributed by atoms with E-state index >= 15 is 0 Å². The number of benzene rings is 2. The fourth-order valence-corrected chi connectivity index (χ4v) is 2.54. The zero-order valence-corrected chi connectivity index (χ0v) is 16.6. The topological polar surface area (TPSA) is 73.3 Å². The maximum atomic E-state index is 12.1. The number of carbonyl (C=O) groups excluding carboxylic acids is 1. The van der Waals surface area contributed by atoms with Crippen LogP contribution in [0.15, 0.2) is 72.8 Å². The fraction of sp³-hybridized carbons (Fsp3) is 0.136. The molecule has 0 saturated carbocycles. The molecule has 1 heterocycles. The minimum Gasteiger partial charge on any atom is -0.471 e. The predicted molar refractivity (Wildman–Crippen MR) is 112 cm³/mol. The predicted octanol–water partition coefficient (Wildman–Crippen LogP) is 4.80. The second-order valence-electron chi connectivity index (χ2n) is 6.26. The van der Waals surface area contributed by atoms with Gasteiger partial charge in [-0.15, -0.1) is 0 Å². The molecular formula is C22H20ClN3O3. The van der Waals surface area contributed by atoms with Gasteiger partial charge in [-0.1, -0.05) is 78.8 Å². The Morgan fingerprint density at radius 1 is 0.966 bits per heavy atom. The second kappa shape index (κ2) is 9.71. The van der Waals surface area contributed by atoms with Gasteiger partial charge < -0.3 is 14.8 Å². The average molecular weight is 410 g/mol. The lowest BCUT2D eigenvalue weighted by molar-refractivity contribution is -0.112. The molecule has 3 rings (SSSR count). The summed E-state index contributed by atoms with van der Waals surface area (Å²) in [5.41, 5.74) is 2.38. The number of aromatic nitrogens is 2. The Kier molecular flexibility index (Phi) is 6.81. The Bertz CT molecular complexity index is 995. The Morgan fingerprint density at radius 2 is 1.52 bits per heavy atom. The van der Waals surface area contributed by atoms with Crippen LogP contribution in [0, 0.1) is 0 Å². The van der Waals surface area contributed by atoms with E-state index < -0.39 is 5.91 Å². The van der Waals surface area contributed by atoms with Crippen LogP contribution in [0.5, 0.6) is 11.9 Å². The number of hydrogen-bond donors (Lipinski definition) is 1. The molecule has 0 aliphatic carbocycles. The Morgan fingerprint density at radius 3 is 2.07 bits per heavy atom. The van der Waals surface area contributed by atoms with E-state index in [2.05, 4.69) is 21.9 Å². The number of carbonyl (C=O) groups is 1. The summed E-state index contributed by atoms with van der Waals surface area (Å²) in [5.74, 6) is -0.287. The van der Waals surface area contributed by atoms with Gasteiger partial charge in [0.2, 0.25) is 5.88 Å². The number of hydrogen-bond acceptors (Lipinski definition) is 5. The van der Waals surface area contributed by atoms with Crippen LogP contribution in [0.1, 0.15) is 18.1 Å². The van der Waals surface area contributed by atoms with Crippen LogP contribution in [0.2, 0.25) is 5.15 Å². The van der Waals surface area contributed by atoms with Gasteiger partial charge in [-0.2, -0.15) is 9.97 Å². The smallest absolute Gasteiger partial charge is 0.321 e. The summed E-state index contributed by atoms with van der Waals surface area (Å²) >= 11 is 6.29. The van der Waals surface area contributed by atoms with Crippen molar-refractivity contribution in [2.45, 2.75) is 20.1 Å². The molecule has 0 unspecified atom stereocenters. The van der Waals surface area contributed by atoms with Gasteiger partial charge in [0.05, 0.1) is 0 Å². The maximum Gasteiger partial charge on any atom is 0.321 e. The summed E-state index contributed by atoms with van der Waals surface area (Å²) in [6.45, 7) is 5.72. The average Bonchev–Trinajstić information content (AvgIpc) is 2.74. The largest absolute Gasteiger partial charge is 0.471 e. The van der Waals surface area contributed by atoms with Crippen molar-refractivity contribution in [3.05, 3.63) is 89.1 Å². The molecule has 1 amide bonds. The highest BCUT2D eigenvalue weighted by molar-refractivity contribution is 6.33. The van der Waals surface area contributed by atoms with Crippen molar-refractivity contribution in [2.24, 2.45) is 0 Å². The van der Waals surface area contributed by atoms with E-state index in [0.717, 1.165) is 11.1 Å². The molecule has 29 heavy (non-hydrogen) atoms. The number of amides is 1. The molecule has 0 saturated heterocycles. The van der Waals surface area contributed by atoms with Crippen molar-refractivity contribution in [1.82, 2.24) is 9.97 Å². The molecule has 1 aromatic heterocycles. The van der Waals surface area contributed by atoms with Gasteiger partial charge in [-0.3, -0.25) is 4.79 Å². The first kappa shape index (κ1) is 20.4. The molecule has 0 atom stereocenters. The lowest BCUT2D eigenvalue weighted by atomic mass is 10.2. The quantitative estimate of drug-likeness (QED) is 0.427. The Hall–Kier alpha value is -3.38. The van der Waals surface area contributed by atoms with E-state index in [1.807, 2.05) is 60.7 Å². The van der Waals surface area contributed by atoms with Crippen molar-refractivity contribution >= 4 is 23.2 Å². The van der Waals surface area contributed by atoms with Crippen LogP contribution in [0.25, 0.3) is 0 Å². The third-order valence-electron chi connectivity index (χ3n) is 3.87. The van der Waals surface area contributed by atoms with Crippen molar-refractivity contribution in [2.75, 3.05) is 5.32 Å². The van der Waals surface area contributed by atoms with Gasteiger partial charge >= 0.3 is 6.01 Å². The van der Waals surface area contributed by atoms with E-state index in [1.165, 1.54) is 0 Å². The molecule has 2 aromatic carbocycles. The summed E-state index contributed by atoms with van der Waals surface area (Å²) in [6.07, 6.45) is 0.